The minimum atomic E-state index is -0.295. The van der Waals surface area contributed by atoms with Gasteiger partial charge in [-0.2, -0.15) is 0 Å². The number of hydrogen-bond donors (Lipinski definition) is 1. The Kier molecular flexibility index (Phi) is 1.63. The van der Waals surface area contributed by atoms with Crippen LogP contribution in [0.1, 0.15) is 17.5 Å². The molecule has 0 fully saturated rings. The standard InChI is InChI=1S/C12H10O3/c13-10-6-2-4-8-7-3-1-5-9(7)12(14)15-11(8)10/h2,4,6,13H,1,3,5H2. The highest BCUT2D eigenvalue weighted by Gasteiger charge is 2.20. The molecule has 0 radical (unpaired) electrons. The van der Waals surface area contributed by atoms with Crippen LogP contribution in [0.4, 0.5) is 0 Å². The molecule has 3 rings (SSSR count). The zero-order valence-electron chi connectivity index (χ0n) is 8.12. The molecule has 1 aliphatic carbocycles. The summed E-state index contributed by atoms with van der Waals surface area (Å²) < 4.78 is 5.13. The van der Waals surface area contributed by atoms with Gasteiger partial charge in [-0.05, 0) is 30.9 Å². The second kappa shape index (κ2) is 2.86. The molecular weight excluding hydrogens is 192 g/mol. The Morgan fingerprint density at radius 2 is 2.00 bits per heavy atom. The van der Waals surface area contributed by atoms with Crippen LogP contribution in [0.15, 0.2) is 27.4 Å². The number of aryl methyl sites for hydroxylation is 1. The predicted octanol–water partition coefficient (Wildman–Crippen LogP) is 1.99. The number of fused-ring (bicyclic) bond motifs is 3. The highest BCUT2D eigenvalue weighted by molar-refractivity contribution is 5.86. The Balaban J connectivity index is 2.54. The largest absolute Gasteiger partial charge is 0.504 e. The maximum absolute atomic E-state index is 11.6. The molecule has 15 heavy (non-hydrogen) atoms. The van der Waals surface area contributed by atoms with Crippen molar-refractivity contribution in [2.24, 2.45) is 0 Å². The number of para-hydroxylation sites is 1. The van der Waals surface area contributed by atoms with Gasteiger partial charge in [0.2, 0.25) is 0 Å². The maximum atomic E-state index is 11.6. The molecule has 0 spiro atoms. The van der Waals surface area contributed by atoms with Crippen LogP contribution in [0.3, 0.4) is 0 Å². The molecule has 0 saturated heterocycles. The molecule has 0 unspecified atom stereocenters. The fraction of sp³-hybridized carbons (Fsp3) is 0.250. The third-order valence-corrected chi connectivity index (χ3v) is 2.98. The van der Waals surface area contributed by atoms with E-state index >= 15 is 0 Å². The van der Waals surface area contributed by atoms with Crippen molar-refractivity contribution in [3.63, 3.8) is 0 Å². The second-order valence-electron chi connectivity index (χ2n) is 3.85. The molecule has 0 bridgehead atoms. The van der Waals surface area contributed by atoms with Crippen molar-refractivity contribution in [3.05, 3.63) is 39.7 Å². The molecule has 1 N–H and O–H groups in total. The first-order valence-corrected chi connectivity index (χ1v) is 5.04. The predicted molar refractivity (Wildman–Crippen MR) is 56.2 cm³/mol. The summed E-state index contributed by atoms with van der Waals surface area (Å²) in [5.41, 5.74) is 1.87. The van der Waals surface area contributed by atoms with E-state index in [1.807, 2.05) is 6.07 Å². The van der Waals surface area contributed by atoms with Gasteiger partial charge in [-0.1, -0.05) is 12.1 Å². The molecule has 3 nitrogen and oxygen atoms in total. The van der Waals surface area contributed by atoms with E-state index < -0.39 is 0 Å². The van der Waals surface area contributed by atoms with E-state index in [0.29, 0.717) is 5.58 Å². The molecule has 1 heterocycles. The maximum Gasteiger partial charge on any atom is 0.339 e. The molecular formula is C12H10O3. The average Bonchev–Trinajstić information content (AvgIpc) is 2.69. The SMILES string of the molecule is O=c1oc2c(O)cccc2c2c1CCC2. The van der Waals surface area contributed by atoms with Crippen molar-refractivity contribution in [1.82, 2.24) is 0 Å². The highest BCUT2D eigenvalue weighted by Crippen LogP contribution is 2.31. The van der Waals surface area contributed by atoms with Crippen LogP contribution >= 0.6 is 0 Å². The lowest BCUT2D eigenvalue weighted by Crippen LogP contribution is -2.06. The van der Waals surface area contributed by atoms with E-state index in [0.717, 1.165) is 35.8 Å². The van der Waals surface area contributed by atoms with Crippen LogP contribution in [0.2, 0.25) is 0 Å². The summed E-state index contributed by atoms with van der Waals surface area (Å²) in [7, 11) is 0. The average molecular weight is 202 g/mol. The number of aromatic hydroxyl groups is 1. The molecule has 76 valence electrons. The molecule has 0 aliphatic heterocycles. The first-order chi connectivity index (χ1) is 7.27. The van der Waals surface area contributed by atoms with Crippen molar-refractivity contribution in [3.8, 4) is 5.75 Å². The number of phenols is 1. The fourth-order valence-electron chi connectivity index (χ4n) is 2.29. The minimum Gasteiger partial charge on any atom is -0.504 e. The Labute approximate surface area is 86.0 Å². The van der Waals surface area contributed by atoms with Gasteiger partial charge >= 0.3 is 5.63 Å². The molecule has 0 atom stereocenters. The quantitative estimate of drug-likeness (QED) is 0.664. The lowest BCUT2D eigenvalue weighted by Gasteiger charge is -2.04. The van der Waals surface area contributed by atoms with Crippen molar-refractivity contribution in [1.29, 1.82) is 0 Å². The van der Waals surface area contributed by atoms with Gasteiger partial charge in [0.1, 0.15) is 0 Å². The van der Waals surface area contributed by atoms with E-state index in [1.165, 1.54) is 6.07 Å². The van der Waals surface area contributed by atoms with Gasteiger partial charge in [0, 0.05) is 10.9 Å². The molecule has 0 saturated carbocycles. The molecule has 1 aromatic heterocycles. The lowest BCUT2D eigenvalue weighted by atomic mass is 10.1. The van der Waals surface area contributed by atoms with Crippen LogP contribution in [-0.4, -0.2) is 5.11 Å². The van der Waals surface area contributed by atoms with E-state index in [4.69, 9.17) is 4.42 Å². The number of phenolic OH excluding ortho intramolecular Hbond substituents is 1. The van der Waals surface area contributed by atoms with E-state index in [1.54, 1.807) is 6.07 Å². The van der Waals surface area contributed by atoms with Crippen molar-refractivity contribution in [2.45, 2.75) is 19.3 Å². The van der Waals surface area contributed by atoms with Crippen molar-refractivity contribution in [2.75, 3.05) is 0 Å². The van der Waals surface area contributed by atoms with E-state index in [2.05, 4.69) is 0 Å². The first-order valence-electron chi connectivity index (χ1n) is 5.04. The van der Waals surface area contributed by atoms with E-state index in [9.17, 15) is 9.90 Å². The summed E-state index contributed by atoms with van der Waals surface area (Å²) in [6.07, 6.45) is 2.69. The zero-order chi connectivity index (χ0) is 10.4. The Bertz CT molecular complexity index is 596. The molecule has 0 amide bonds. The van der Waals surface area contributed by atoms with Gasteiger partial charge < -0.3 is 9.52 Å². The Morgan fingerprint density at radius 1 is 1.20 bits per heavy atom. The number of benzene rings is 1. The summed E-state index contributed by atoms with van der Waals surface area (Å²) >= 11 is 0. The van der Waals surface area contributed by atoms with Crippen LogP contribution in [0.5, 0.6) is 5.75 Å². The topological polar surface area (TPSA) is 50.4 Å². The summed E-state index contributed by atoms with van der Waals surface area (Å²) in [4.78, 5) is 11.6. The van der Waals surface area contributed by atoms with Crippen molar-refractivity contribution < 1.29 is 9.52 Å². The fourth-order valence-corrected chi connectivity index (χ4v) is 2.29. The van der Waals surface area contributed by atoms with Gasteiger partial charge in [0.15, 0.2) is 11.3 Å². The summed E-state index contributed by atoms with van der Waals surface area (Å²) in [5, 5.41) is 10.5. The van der Waals surface area contributed by atoms with Gasteiger partial charge in [-0.3, -0.25) is 0 Å². The minimum absolute atomic E-state index is 0.0410. The van der Waals surface area contributed by atoms with Gasteiger partial charge in [-0.25, -0.2) is 4.79 Å². The van der Waals surface area contributed by atoms with Gasteiger partial charge in [0.25, 0.3) is 0 Å². The second-order valence-corrected chi connectivity index (χ2v) is 3.85. The van der Waals surface area contributed by atoms with Crippen LogP contribution in [0, 0.1) is 0 Å². The van der Waals surface area contributed by atoms with Crippen molar-refractivity contribution >= 4 is 11.0 Å². The van der Waals surface area contributed by atoms with Crippen LogP contribution in [-0.2, 0) is 12.8 Å². The summed E-state index contributed by atoms with van der Waals surface area (Å²) in [6, 6.07) is 5.20. The molecule has 1 aromatic carbocycles. The van der Waals surface area contributed by atoms with E-state index in [-0.39, 0.29) is 11.4 Å². The summed E-state index contributed by atoms with van der Waals surface area (Å²) in [6.45, 7) is 0. The molecule has 3 heteroatoms. The Morgan fingerprint density at radius 3 is 2.87 bits per heavy atom. The first kappa shape index (κ1) is 8.53. The normalized spacial score (nSPS) is 14.4. The van der Waals surface area contributed by atoms with Gasteiger partial charge in [-0.15, -0.1) is 0 Å². The summed E-state index contributed by atoms with van der Waals surface area (Å²) in [5.74, 6) is 0.0410. The third-order valence-electron chi connectivity index (χ3n) is 2.98. The smallest absolute Gasteiger partial charge is 0.339 e. The molecule has 2 aromatic rings. The Hall–Kier alpha value is -1.77. The van der Waals surface area contributed by atoms with Crippen LogP contribution in [0.25, 0.3) is 11.0 Å². The van der Waals surface area contributed by atoms with Crippen LogP contribution < -0.4 is 5.63 Å². The third kappa shape index (κ3) is 1.09. The monoisotopic (exact) mass is 202 g/mol. The van der Waals surface area contributed by atoms with Gasteiger partial charge in [0.05, 0.1) is 0 Å². The zero-order valence-corrected chi connectivity index (χ0v) is 8.12. The number of hydrogen-bond acceptors (Lipinski definition) is 3. The number of rotatable bonds is 0. The lowest BCUT2D eigenvalue weighted by molar-refractivity contribution is 0.456. The molecule has 1 aliphatic rings. The highest BCUT2D eigenvalue weighted by atomic mass is 16.4.